The molecule has 1 aliphatic carbocycles. The summed E-state index contributed by atoms with van der Waals surface area (Å²) in [6, 6.07) is 1.03. The van der Waals surface area contributed by atoms with E-state index in [0.717, 1.165) is 44.3 Å². The molecule has 3 fully saturated rings. The fraction of sp³-hybridized carbons (Fsp3) is 0.941. The Kier molecular flexibility index (Phi) is 5.23. The van der Waals surface area contributed by atoms with Crippen LogP contribution in [-0.2, 0) is 0 Å². The maximum Gasteiger partial charge on any atom is 0.317 e. The minimum absolute atomic E-state index is 0.163. The Labute approximate surface area is 139 Å². The van der Waals surface area contributed by atoms with Crippen molar-refractivity contribution < 1.29 is 4.79 Å². The number of carbonyl (C=O) groups excluding carboxylic acids is 1. The predicted molar refractivity (Wildman–Crippen MR) is 93.4 cm³/mol. The number of rotatable bonds is 5. The summed E-state index contributed by atoms with van der Waals surface area (Å²) in [5.74, 6) is 1.74. The highest BCUT2D eigenvalue weighted by Gasteiger charge is 2.36. The van der Waals surface area contributed by atoms with Crippen molar-refractivity contribution in [2.45, 2.75) is 56.7 Å². The smallest absolute Gasteiger partial charge is 0.317 e. The molecular formula is C17H31N3OS. The quantitative estimate of drug-likeness (QED) is 0.844. The van der Waals surface area contributed by atoms with Crippen LogP contribution >= 0.6 is 11.8 Å². The molecule has 0 aromatic carbocycles. The summed E-state index contributed by atoms with van der Waals surface area (Å²) in [6.45, 7) is 9.60. The molecule has 2 heterocycles. The second-order valence-electron chi connectivity index (χ2n) is 7.23. The first-order valence-corrected chi connectivity index (χ1v) is 10.0. The highest BCUT2D eigenvalue weighted by molar-refractivity contribution is 8.00. The fourth-order valence-corrected chi connectivity index (χ4v) is 5.24. The minimum Gasteiger partial charge on any atom is -0.338 e. The van der Waals surface area contributed by atoms with Gasteiger partial charge in [0.15, 0.2) is 0 Å². The van der Waals surface area contributed by atoms with Crippen molar-refractivity contribution in [2.24, 2.45) is 5.92 Å². The van der Waals surface area contributed by atoms with Gasteiger partial charge >= 0.3 is 6.03 Å². The molecule has 0 radical (unpaired) electrons. The van der Waals surface area contributed by atoms with E-state index in [1.807, 2.05) is 0 Å². The van der Waals surface area contributed by atoms with Crippen LogP contribution in [0.2, 0.25) is 0 Å². The van der Waals surface area contributed by atoms with Crippen LogP contribution in [0.25, 0.3) is 0 Å². The molecule has 3 rings (SSSR count). The second-order valence-corrected chi connectivity index (χ2v) is 8.79. The lowest BCUT2D eigenvalue weighted by Crippen LogP contribution is -2.52. The molecule has 22 heavy (non-hydrogen) atoms. The zero-order valence-corrected chi connectivity index (χ0v) is 15.0. The van der Waals surface area contributed by atoms with Crippen LogP contribution in [0.1, 0.15) is 46.0 Å². The molecule has 2 saturated heterocycles. The van der Waals surface area contributed by atoms with Crippen LogP contribution in [0, 0.1) is 5.92 Å². The number of hydrogen-bond donors (Lipinski definition) is 1. The third-order valence-electron chi connectivity index (χ3n) is 5.75. The van der Waals surface area contributed by atoms with E-state index in [1.165, 1.54) is 32.4 Å². The van der Waals surface area contributed by atoms with Gasteiger partial charge in [-0.3, -0.25) is 0 Å². The number of nitrogens with one attached hydrogen (secondary N) is 1. The number of hydrogen-bond acceptors (Lipinski definition) is 3. The van der Waals surface area contributed by atoms with Gasteiger partial charge in [-0.1, -0.05) is 13.8 Å². The van der Waals surface area contributed by atoms with Crippen molar-refractivity contribution >= 4 is 17.8 Å². The summed E-state index contributed by atoms with van der Waals surface area (Å²) in [5.41, 5.74) is 0. The summed E-state index contributed by atoms with van der Waals surface area (Å²) in [5, 5.41) is 3.21. The molecule has 3 aliphatic rings. The van der Waals surface area contributed by atoms with E-state index >= 15 is 0 Å². The third kappa shape index (κ3) is 3.73. The van der Waals surface area contributed by atoms with Gasteiger partial charge in [-0.05, 0) is 44.6 Å². The predicted octanol–water partition coefficient (Wildman–Crippen LogP) is 2.79. The van der Waals surface area contributed by atoms with Gasteiger partial charge in [0.2, 0.25) is 0 Å². The van der Waals surface area contributed by atoms with Crippen LogP contribution in [0.4, 0.5) is 4.79 Å². The maximum atomic E-state index is 12.5. The van der Waals surface area contributed by atoms with Gasteiger partial charge in [-0.15, -0.1) is 0 Å². The highest BCUT2D eigenvalue weighted by Crippen LogP contribution is 2.36. The van der Waals surface area contributed by atoms with E-state index < -0.39 is 0 Å². The molecule has 2 aliphatic heterocycles. The van der Waals surface area contributed by atoms with Gasteiger partial charge in [-0.25, -0.2) is 4.79 Å². The largest absolute Gasteiger partial charge is 0.338 e. The monoisotopic (exact) mass is 325 g/mol. The minimum atomic E-state index is 0.163. The van der Waals surface area contributed by atoms with E-state index in [2.05, 4.69) is 40.7 Å². The lowest BCUT2D eigenvalue weighted by atomic mass is 10.0. The summed E-state index contributed by atoms with van der Waals surface area (Å²) in [4.78, 5) is 17.2. The zero-order valence-electron chi connectivity index (χ0n) is 14.1. The fourth-order valence-electron chi connectivity index (χ4n) is 3.84. The van der Waals surface area contributed by atoms with Crippen LogP contribution in [0.5, 0.6) is 0 Å². The van der Waals surface area contributed by atoms with Crippen molar-refractivity contribution in [1.29, 1.82) is 0 Å². The van der Waals surface area contributed by atoms with Crippen LogP contribution in [-0.4, -0.2) is 65.1 Å². The number of amides is 2. The van der Waals surface area contributed by atoms with Gasteiger partial charge in [0.25, 0.3) is 0 Å². The summed E-state index contributed by atoms with van der Waals surface area (Å²) in [6.07, 6.45) is 6.33. The number of urea groups is 1. The van der Waals surface area contributed by atoms with Crippen molar-refractivity contribution in [3.05, 3.63) is 0 Å². The SMILES string of the molecule is CCC1(CC)CN(C(=O)NCC2CCN(C3CC3)C2)CCS1. The molecule has 5 heteroatoms. The summed E-state index contributed by atoms with van der Waals surface area (Å²) < 4.78 is 0.283. The second kappa shape index (κ2) is 7.00. The van der Waals surface area contributed by atoms with E-state index in [9.17, 15) is 4.79 Å². The molecule has 1 atom stereocenters. The Morgan fingerprint density at radius 2 is 2.00 bits per heavy atom. The molecule has 1 unspecified atom stereocenters. The third-order valence-corrected chi connectivity index (χ3v) is 7.45. The standard InChI is InChI=1S/C17H31N3OS/c1-3-17(4-2)13-20(9-10-22-17)16(21)18-11-14-7-8-19(12-14)15-5-6-15/h14-15H,3-13H2,1-2H3,(H,18,21). The highest BCUT2D eigenvalue weighted by atomic mass is 32.2. The van der Waals surface area contributed by atoms with Crippen molar-refractivity contribution in [3.8, 4) is 0 Å². The lowest BCUT2D eigenvalue weighted by molar-refractivity contribution is 0.188. The van der Waals surface area contributed by atoms with E-state index in [1.54, 1.807) is 0 Å². The molecule has 0 aromatic heterocycles. The normalized spacial score (nSPS) is 28.8. The van der Waals surface area contributed by atoms with Crippen LogP contribution < -0.4 is 5.32 Å². The summed E-state index contributed by atoms with van der Waals surface area (Å²) >= 11 is 2.06. The molecule has 4 nitrogen and oxygen atoms in total. The molecule has 126 valence electrons. The van der Waals surface area contributed by atoms with Gasteiger partial charge < -0.3 is 15.1 Å². The van der Waals surface area contributed by atoms with Gasteiger partial charge in [-0.2, -0.15) is 11.8 Å². The van der Waals surface area contributed by atoms with E-state index in [0.29, 0.717) is 5.92 Å². The first kappa shape index (κ1) is 16.4. The number of nitrogens with zero attached hydrogens (tertiary/aromatic N) is 2. The van der Waals surface area contributed by atoms with Crippen molar-refractivity contribution in [1.82, 2.24) is 15.1 Å². The molecule has 0 bridgehead atoms. The average molecular weight is 326 g/mol. The lowest BCUT2D eigenvalue weighted by Gasteiger charge is -2.41. The topological polar surface area (TPSA) is 35.6 Å². The summed E-state index contributed by atoms with van der Waals surface area (Å²) in [7, 11) is 0. The van der Waals surface area contributed by atoms with Gasteiger partial charge in [0.1, 0.15) is 0 Å². The average Bonchev–Trinajstić information content (AvgIpc) is 3.31. The molecule has 0 aromatic rings. The first-order chi connectivity index (χ1) is 10.7. The zero-order chi connectivity index (χ0) is 15.6. The molecule has 2 amide bonds. The Hall–Kier alpha value is -0.420. The van der Waals surface area contributed by atoms with Crippen LogP contribution in [0.15, 0.2) is 0 Å². The van der Waals surface area contributed by atoms with Crippen molar-refractivity contribution in [2.75, 3.05) is 38.5 Å². The first-order valence-electron chi connectivity index (χ1n) is 9.06. The number of likely N-dealkylation sites (tertiary alicyclic amines) is 1. The van der Waals surface area contributed by atoms with E-state index in [-0.39, 0.29) is 10.8 Å². The Bertz CT molecular complexity index is 395. The van der Waals surface area contributed by atoms with Gasteiger partial charge in [0, 0.05) is 42.7 Å². The maximum absolute atomic E-state index is 12.5. The molecule has 1 saturated carbocycles. The molecular weight excluding hydrogens is 294 g/mol. The Balaban J connectivity index is 1.43. The van der Waals surface area contributed by atoms with Gasteiger partial charge in [0.05, 0.1) is 0 Å². The molecule has 1 N–H and O–H groups in total. The van der Waals surface area contributed by atoms with E-state index in [4.69, 9.17) is 0 Å². The molecule has 0 spiro atoms. The van der Waals surface area contributed by atoms with Crippen LogP contribution in [0.3, 0.4) is 0 Å². The number of carbonyl (C=O) groups is 1. The Morgan fingerprint density at radius 3 is 2.68 bits per heavy atom. The Morgan fingerprint density at radius 1 is 1.23 bits per heavy atom. The number of thioether (sulfide) groups is 1. The van der Waals surface area contributed by atoms with Crippen molar-refractivity contribution in [3.63, 3.8) is 0 Å².